The van der Waals surface area contributed by atoms with Gasteiger partial charge in [-0.05, 0) is 70.4 Å². The molecule has 0 aliphatic rings. The van der Waals surface area contributed by atoms with Crippen molar-refractivity contribution in [3.63, 3.8) is 0 Å². The molecule has 0 aliphatic carbocycles. The van der Waals surface area contributed by atoms with E-state index in [0.29, 0.717) is 19.0 Å². The van der Waals surface area contributed by atoms with Crippen molar-refractivity contribution in [2.24, 2.45) is 4.99 Å². The molecule has 2 N–H and O–H groups in total. The summed E-state index contributed by atoms with van der Waals surface area (Å²) in [5.74, 6) is 1.10. The highest BCUT2D eigenvalue weighted by Gasteiger charge is 2.11. The molecule has 0 saturated heterocycles. The van der Waals surface area contributed by atoms with Crippen LogP contribution in [0.5, 0.6) is 11.5 Å². The molecule has 6 nitrogen and oxygen atoms in total. The summed E-state index contributed by atoms with van der Waals surface area (Å²) < 4.78 is 34.8. The molecular weight excluding hydrogens is 517 g/mol. The molecule has 1 aromatic rings. The highest BCUT2D eigenvalue weighted by molar-refractivity contribution is 14.0. The van der Waals surface area contributed by atoms with Crippen LogP contribution in [-0.2, 0) is 6.42 Å². The van der Waals surface area contributed by atoms with E-state index < -0.39 is 6.61 Å². The maximum absolute atomic E-state index is 12.6. The second kappa shape index (κ2) is 17.2. The summed E-state index contributed by atoms with van der Waals surface area (Å²) in [7, 11) is 1.43. The van der Waals surface area contributed by atoms with Crippen molar-refractivity contribution >= 4 is 29.9 Å². The van der Waals surface area contributed by atoms with Crippen molar-refractivity contribution in [2.75, 3.05) is 39.8 Å². The third-order valence-electron chi connectivity index (χ3n) is 4.85. The van der Waals surface area contributed by atoms with Crippen LogP contribution in [0.25, 0.3) is 0 Å². The number of hydrogen-bond acceptors (Lipinski definition) is 4. The molecule has 31 heavy (non-hydrogen) atoms. The Morgan fingerprint density at radius 1 is 1.16 bits per heavy atom. The largest absolute Gasteiger partial charge is 0.493 e. The Balaban J connectivity index is 0.00000900. The van der Waals surface area contributed by atoms with Gasteiger partial charge in [0.1, 0.15) is 0 Å². The molecule has 0 saturated carbocycles. The summed E-state index contributed by atoms with van der Waals surface area (Å²) in [4.78, 5) is 7.04. The zero-order valence-electron chi connectivity index (χ0n) is 19.4. The Bertz CT molecular complexity index is 632. The van der Waals surface area contributed by atoms with Crippen LogP contribution in [0.4, 0.5) is 8.78 Å². The van der Waals surface area contributed by atoms with Crippen LogP contribution in [0.15, 0.2) is 23.2 Å². The number of guanidine groups is 1. The van der Waals surface area contributed by atoms with Gasteiger partial charge in [-0.1, -0.05) is 19.9 Å². The molecule has 0 spiro atoms. The smallest absolute Gasteiger partial charge is 0.387 e. The number of halogens is 3. The van der Waals surface area contributed by atoms with E-state index in [1.165, 1.54) is 7.11 Å². The fraction of sp³-hybridized carbons (Fsp3) is 0.682. The van der Waals surface area contributed by atoms with Crippen LogP contribution < -0.4 is 20.1 Å². The Morgan fingerprint density at radius 2 is 1.87 bits per heavy atom. The molecule has 0 aliphatic heterocycles. The molecule has 1 atom stereocenters. The second-order valence-electron chi connectivity index (χ2n) is 7.09. The first kappa shape index (κ1) is 29.6. The van der Waals surface area contributed by atoms with Crippen LogP contribution in [0, 0.1) is 0 Å². The maximum Gasteiger partial charge on any atom is 0.387 e. The third-order valence-corrected chi connectivity index (χ3v) is 4.85. The number of hydrogen-bond donors (Lipinski definition) is 2. The molecule has 0 bridgehead atoms. The SMILES string of the molecule is CCNC(=NCCc1ccc(OC)c(OC(F)F)c1)NC(C)CCCN(CC)CC.I. The molecule has 0 amide bonds. The van der Waals surface area contributed by atoms with Gasteiger partial charge in [0.25, 0.3) is 0 Å². The molecule has 1 unspecified atom stereocenters. The Morgan fingerprint density at radius 3 is 2.45 bits per heavy atom. The van der Waals surface area contributed by atoms with Crippen molar-refractivity contribution in [3.05, 3.63) is 23.8 Å². The summed E-state index contributed by atoms with van der Waals surface area (Å²) in [6.45, 7) is 10.2. The molecule has 0 heterocycles. The monoisotopic (exact) mass is 556 g/mol. The van der Waals surface area contributed by atoms with Gasteiger partial charge in [-0.25, -0.2) is 0 Å². The van der Waals surface area contributed by atoms with Crippen LogP contribution in [0.2, 0.25) is 0 Å². The lowest BCUT2D eigenvalue weighted by Crippen LogP contribution is -2.42. The Labute approximate surface area is 203 Å². The fourth-order valence-corrected chi connectivity index (χ4v) is 3.15. The lowest BCUT2D eigenvalue weighted by atomic mass is 10.1. The van der Waals surface area contributed by atoms with Crippen LogP contribution in [0.1, 0.15) is 46.1 Å². The van der Waals surface area contributed by atoms with E-state index in [1.54, 1.807) is 12.1 Å². The molecule has 1 aromatic carbocycles. The van der Waals surface area contributed by atoms with Crippen molar-refractivity contribution in [3.8, 4) is 11.5 Å². The number of ether oxygens (including phenoxy) is 2. The van der Waals surface area contributed by atoms with Gasteiger partial charge in [-0.3, -0.25) is 4.99 Å². The first-order valence-electron chi connectivity index (χ1n) is 10.8. The summed E-state index contributed by atoms with van der Waals surface area (Å²) >= 11 is 0. The molecule has 0 fully saturated rings. The van der Waals surface area contributed by atoms with Crippen molar-refractivity contribution in [2.45, 2.75) is 59.6 Å². The molecule has 1 rings (SSSR count). The lowest BCUT2D eigenvalue weighted by molar-refractivity contribution is -0.0512. The third kappa shape index (κ3) is 12.3. The van der Waals surface area contributed by atoms with E-state index in [9.17, 15) is 8.78 Å². The minimum absolute atomic E-state index is 0. The van der Waals surface area contributed by atoms with E-state index in [0.717, 1.165) is 50.5 Å². The molecule has 0 aromatic heterocycles. The first-order chi connectivity index (χ1) is 14.4. The standard InChI is InChI=1S/C22H38F2N4O2.HI/c1-6-25-22(27-17(4)10-9-15-28(7-2)8-3)26-14-13-18-11-12-19(29-5)20(16-18)30-21(23)24;/h11-12,16-17,21H,6-10,13-15H2,1-5H3,(H2,25,26,27);1H. The number of nitrogens with zero attached hydrogens (tertiary/aromatic N) is 2. The minimum Gasteiger partial charge on any atom is -0.493 e. The zero-order chi connectivity index (χ0) is 22.4. The summed E-state index contributed by atoms with van der Waals surface area (Å²) in [6.07, 6.45) is 2.80. The first-order valence-corrected chi connectivity index (χ1v) is 10.8. The summed E-state index contributed by atoms with van der Waals surface area (Å²) in [6, 6.07) is 5.36. The molecule has 9 heteroatoms. The predicted octanol–water partition coefficient (Wildman–Crippen LogP) is 4.52. The van der Waals surface area contributed by atoms with Gasteiger partial charge in [-0.2, -0.15) is 8.78 Å². The van der Waals surface area contributed by atoms with Crippen LogP contribution in [-0.4, -0.2) is 63.3 Å². The lowest BCUT2D eigenvalue weighted by Gasteiger charge is -2.21. The molecule has 180 valence electrons. The van der Waals surface area contributed by atoms with Crippen LogP contribution >= 0.6 is 24.0 Å². The van der Waals surface area contributed by atoms with Gasteiger partial charge >= 0.3 is 6.61 Å². The van der Waals surface area contributed by atoms with Crippen molar-refractivity contribution < 1.29 is 18.3 Å². The minimum atomic E-state index is -2.89. The van der Waals surface area contributed by atoms with Crippen LogP contribution in [0.3, 0.4) is 0 Å². The Hall–Kier alpha value is -1.36. The second-order valence-corrected chi connectivity index (χ2v) is 7.09. The highest BCUT2D eigenvalue weighted by Crippen LogP contribution is 2.29. The number of aliphatic imine (C=N–C) groups is 1. The molecular formula is C22H39F2IN4O2. The number of rotatable bonds is 14. The van der Waals surface area contributed by atoms with E-state index in [1.807, 2.05) is 13.0 Å². The number of methoxy groups -OCH3 is 1. The van der Waals surface area contributed by atoms with Gasteiger partial charge in [0.15, 0.2) is 17.5 Å². The topological polar surface area (TPSA) is 58.1 Å². The van der Waals surface area contributed by atoms with Gasteiger partial charge < -0.3 is 25.0 Å². The average molecular weight is 556 g/mol. The zero-order valence-corrected chi connectivity index (χ0v) is 21.7. The van der Waals surface area contributed by atoms with Gasteiger partial charge in [0.2, 0.25) is 0 Å². The Kier molecular flexibility index (Phi) is 16.5. The van der Waals surface area contributed by atoms with Gasteiger partial charge in [0, 0.05) is 19.1 Å². The molecule has 0 radical (unpaired) electrons. The van der Waals surface area contributed by atoms with Gasteiger partial charge in [0.05, 0.1) is 7.11 Å². The van der Waals surface area contributed by atoms with Crippen molar-refractivity contribution in [1.82, 2.24) is 15.5 Å². The number of benzene rings is 1. The van der Waals surface area contributed by atoms with E-state index in [-0.39, 0.29) is 35.5 Å². The average Bonchev–Trinajstić information content (AvgIpc) is 2.71. The predicted molar refractivity (Wildman–Crippen MR) is 134 cm³/mol. The van der Waals surface area contributed by atoms with Crippen molar-refractivity contribution in [1.29, 1.82) is 0 Å². The van der Waals surface area contributed by atoms with E-state index >= 15 is 0 Å². The number of alkyl halides is 2. The normalized spacial score (nSPS) is 12.5. The number of nitrogens with one attached hydrogen (secondary N) is 2. The highest BCUT2D eigenvalue weighted by atomic mass is 127. The summed E-state index contributed by atoms with van der Waals surface area (Å²) in [5.41, 5.74) is 0.860. The maximum atomic E-state index is 12.6. The van der Waals surface area contributed by atoms with Gasteiger partial charge in [-0.15, -0.1) is 24.0 Å². The summed E-state index contributed by atoms with van der Waals surface area (Å²) in [5, 5.41) is 6.71. The van der Waals surface area contributed by atoms with E-state index in [4.69, 9.17) is 4.74 Å². The van der Waals surface area contributed by atoms with E-state index in [2.05, 4.69) is 46.0 Å². The fourth-order valence-electron chi connectivity index (χ4n) is 3.15. The quantitative estimate of drug-likeness (QED) is 0.201.